The Morgan fingerprint density at radius 2 is 1.88 bits per heavy atom. The number of thiophene rings is 1. The number of nitrogens with zero attached hydrogens (tertiary/aromatic N) is 2. The summed E-state index contributed by atoms with van der Waals surface area (Å²) >= 11 is 1.12. The summed E-state index contributed by atoms with van der Waals surface area (Å²) in [7, 11) is 1.30. The van der Waals surface area contributed by atoms with Crippen LogP contribution in [0.25, 0.3) is 10.2 Å². The first kappa shape index (κ1) is 23.4. The van der Waals surface area contributed by atoms with Crippen molar-refractivity contribution in [1.29, 1.82) is 0 Å². The van der Waals surface area contributed by atoms with Gasteiger partial charge in [0.2, 0.25) is 0 Å². The van der Waals surface area contributed by atoms with Crippen LogP contribution < -0.4 is 10.3 Å². The zero-order chi connectivity index (χ0) is 23.4. The van der Waals surface area contributed by atoms with E-state index in [0.717, 1.165) is 11.3 Å². The molecule has 0 aliphatic rings. The molecule has 32 heavy (non-hydrogen) atoms. The number of hydrogen-bond donors (Lipinski definition) is 1. The predicted octanol–water partition coefficient (Wildman–Crippen LogP) is 2.48. The minimum atomic E-state index is -0.991. The lowest BCUT2D eigenvalue weighted by molar-refractivity contribution is 0.0530. The summed E-state index contributed by atoms with van der Waals surface area (Å²) in [5, 5.41) is 10.8. The van der Waals surface area contributed by atoms with Gasteiger partial charge < -0.3 is 19.3 Å². The van der Waals surface area contributed by atoms with Crippen LogP contribution in [0.15, 0.2) is 29.1 Å². The molecule has 1 N–H and O–H groups in total. The Kier molecular flexibility index (Phi) is 7.26. The van der Waals surface area contributed by atoms with Gasteiger partial charge in [0.1, 0.15) is 34.0 Å². The molecule has 3 rings (SSSR count). The van der Waals surface area contributed by atoms with Crippen LogP contribution in [0, 0.1) is 13.8 Å². The van der Waals surface area contributed by atoms with Crippen molar-refractivity contribution in [2.45, 2.75) is 33.4 Å². The number of aliphatic hydroxyl groups excluding tert-OH is 1. The van der Waals surface area contributed by atoms with Crippen molar-refractivity contribution in [3.05, 3.63) is 56.4 Å². The van der Waals surface area contributed by atoms with Gasteiger partial charge in [0.15, 0.2) is 0 Å². The van der Waals surface area contributed by atoms with Crippen LogP contribution in [0.1, 0.15) is 38.3 Å². The molecule has 0 saturated heterocycles. The van der Waals surface area contributed by atoms with Crippen LogP contribution in [0.3, 0.4) is 0 Å². The van der Waals surface area contributed by atoms with Crippen molar-refractivity contribution in [3.63, 3.8) is 0 Å². The summed E-state index contributed by atoms with van der Waals surface area (Å²) in [5.74, 6) is -0.0600. The number of aliphatic hydroxyl groups is 1. The second kappa shape index (κ2) is 9.92. The minimum absolute atomic E-state index is 0.0299. The molecular weight excluding hydrogens is 436 g/mol. The molecule has 3 aromatic rings. The Morgan fingerprint density at radius 1 is 1.19 bits per heavy atom. The largest absolute Gasteiger partial charge is 0.491 e. The normalized spacial score (nSPS) is 11.9. The quantitative estimate of drug-likeness (QED) is 0.510. The van der Waals surface area contributed by atoms with Gasteiger partial charge in [0.05, 0.1) is 31.2 Å². The maximum absolute atomic E-state index is 13.1. The molecule has 10 heteroatoms. The Hall–Kier alpha value is -3.24. The van der Waals surface area contributed by atoms with Crippen LogP contribution in [-0.2, 0) is 16.0 Å². The summed E-state index contributed by atoms with van der Waals surface area (Å²) in [6.07, 6.45) is -0.991. The van der Waals surface area contributed by atoms with Gasteiger partial charge in [0, 0.05) is 0 Å². The standard InChI is InChI=1S/C22H24N2O7S/c1-5-30-22(28)18-12(2)17-19(32-18)23-13(3)24(20(17)26)10-15(25)11-31-16-8-6-14(7-9-16)21(27)29-4/h6-9,15,25H,5,10-11H2,1-4H3. The highest BCUT2D eigenvalue weighted by molar-refractivity contribution is 7.20. The van der Waals surface area contributed by atoms with E-state index >= 15 is 0 Å². The molecule has 2 aromatic heterocycles. The van der Waals surface area contributed by atoms with Crippen LogP contribution in [-0.4, -0.2) is 53.0 Å². The fraction of sp³-hybridized carbons (Fsp3) is 0.364. The average Bonchev–Trinajstić information content (AvgIpc) is 3.11. The molecular formula is C22H24N2O7S. The van der Waals surface area contributed by atoms with Crippen LogP contribution >= 0.6 is 11.3 Å². The smallest absolute Gasteiger partial charge is 0.348 e. The molecule has 0 spiro atoms. The number of rotatable bonds is 8. The molecule has 1 unspecified atom stereocenters. The second-order valence-corrected chi connectivity index (χ2v) is 8.01. The first-order valence-corrected chi connectivity index (χ1v) is 10.7. The Balaban J connectivity index is 1.76. The van der Waals surface area contributed by atoms with E-state index in [9.17, 15) is 19.5 Å². The number of methoxy groups -OCH3 is 1. The summed E-state index contributed by atoms with van der Waals surface area (Å²) in [6.45, 7) is 5.20. The zero-order valence-electron chi connectivity index (χ0n) is 18.2. The third-order valence-electron chi connectivity index (χ3n) is 4.81. The maximum Gasteiger partial charge on any atom is 0.348 e. The highest BCUT2D eigenvalue weighted by atomic mass is 32.1. The SMILES string of the molecule is CCOC(=O)c1sc2nc(C)n(CC(O)COc3ccc(C(=O)OC)cc3)c(=O)c2c1C. The first-order valence-electron chi connectivity index (χ1n) is 9.93. The fourth-order valence-electron chi connectivity index (χ4n) is 3.19. The van der Waals surface area contributed by atoms with Gasteiger partial charge in [-0.05, 0) is 50.6 Å². The number of benzene rings is 1. The third kappa shape index (κ3) is 4.81. The molecule has 0 fully saturated rings. The number of ether oxygens (including phenoxy) is 3. The molecule has 2 heterocycles. The van der Waals surface area contributed by atoms with Crippen molar-refractivity contribution in [2.24, 2.45) is 0 Å². The maximum atomic E-state index is 13.1. The monoisotopic (exact) mass is 460 g/mol. The molecule has 0 aliphatic heterocycles. The third-order valence-corrected chi connectivity index (χ3v) is 5.98. The topological polar surface area (TPSA) is 117 Å². The van der Waals surface area contributed by atoms with Crippen molar-refractivity contribution in [2.75, 3.05) is 20.3 Å². The highest BCUT2D eigenvalue weighted by Gasteiger charge is 2.22. The fourth-order valence-corrected chi connectivity index (χ4v) is 4.30. The first-order chi connectivity index (χ1) is 15.3. The highest BCUT2D eigenvalue weighted by Crippen LogP contribution is 2.28. The number of aromatic nitrogens is 2. The average molecular weight is 461 g/mol. The molecule has 1 atom stereocenters. The van der Waals surface area contributed by atoms with Gasteiger partial charge in [-0.3, -0.25) is 9.36 Å². The van der Waals surface area contributed by atoms with Gasteiger partial charge >= 0.3 is 11.9 Å². The molecule has 0 aliphatic carbocycles. The molecule has 1 aromatic carbocycles. The van der Waals surface area contributed by atoms with E-state index in [1.165, 1.54) is 11.7 Å². The zero-order valence-corrected chi connectivity index (χ0v) is 19.0. The molecule has 9 nitrogen and oxygen atoms in total. The number of fused-ring (bicyclic) bond motifs is 1. The summed E-state index contributed by atoms with van der Waals surface area (Å²) < 4.78 is 16.6. The molecule has 0 bridgehead atoms. The van der Waals surface area contributed by atoms with Gasteiger partial charge in [-0.1, -0.05) is 0 Å². The Bertz CT molecular complexity index is 1200. The van der Waals surface area contributed by atoms with Crippen molar-refractivity contribution in [1.82, 2.24) is 9.55 Å². The summed E-state index contributed by atoms with van der Waals surface area (Å²) in [5.41, 5.74) is 0.569. The number of aryl methyl sites for hydroxylation is 2. The van der Waals surface area contributed by atoms with E-state index in [4.69, 9.17) is 9.47 Å². The van der Waals surface area contributed by atoms with Gasteiger partial charge in [0.25, 0.3) is 5.56 Å². The van der Waals surface area contributed by atoms with E-state index in [2.05, 4.69) is 9.72 Å². The van der Waals surface area contributed by atoms with Gasteiger partial charge in [-0.15, -0.1) is 11.3 Å². The Morgan fingerprint density at radius 3 is 2.50 bits per heavy atom. The number of esters is 2. The molecule has 0 saturated carbocycles. The van der Waals surface area contributed by atoms with Gasteiger partial charge in [-0.25, -0.2) is 14.6 Å². The minimum Gasteiger partial charge on any atom is -0.491 e. The number of hydrogen-bond acceptors (Lipinski definition) is 9. The van der Waals surface area contributed by atoms with E-state index in [1.807, 2.05) is 0 Å². The second-order valence-electron chi connectivity index (χ2n) is 7.01. The van der Waals surface area contributed by atoms with Crippen LogP contribution in [0.2, 0.25) is 0 Å². The lowest BCUT2D eigenvalue weighted by Crippen LogP contribution is -2.32. The van der Waals surface area contributed by atoms with E-state index < -0.39 is 18.0 Å². The number of carbonyl (C=O) groups is 2. The summed E-state index contributed by atoms with van der Waals surface area (Å²) in [4.78, 5) is 42.0. The lowest BCUT2D eigenvalue weighted by atomic mass is 10.2. The molecule has 0 amide bonds. The van der Waals surface area contributed by atoms with E-state index in [1.54, 1.807) is 45.0 Å². The van der Waals surface area contributed by atoms with Crippen molar-refractivity contribution in [3.8, 4) is 5.75 Å². The predicted molar refractivity (Wildman–Crippen MR) is 119 cm³/mol. The van der Waals surface area contributed by atoms with Crippen molar-refractivity contribution < 1.29 is 28.9 Å². The summed E-state index contributed by atoms with van der Waals surface area (Å²) in [6, 6.07) is 6.30. The van der Waals surface area contributed by atoms with E-state index in [-0.39, 0.29) is 25.3 Å². The lowest BCUT2D eigenvalue weighted by Gasteiger charge is -2.16. The molecule has 170 valence electrons. The Labute approximate surface area is 188 Å². The van der Waals surface area contributed by atoms with Crippen LogP contribution in [0.4, 0.5) is 0 Å². The number of carbonyl (C=O) groups excluding carboxylic acids is 2. The van der Waals surface area contributed by atoms with Crippen LogP contribution in [0.5, 0.6) is 5.75 Å². The van der Waals surface area contributed by atoms with Crippen molar-refractivity contribution >= 4 is 33.5 Å². The molecule has 0 radical (unpaired) electrons. The van der Waals surface area contributed by atoms with Gasteiger partial charge in [-0.2, -0.15) is 0 Å². The van der Waals surface area contributed by atoms with E-state index in [0.29, 0.717) is 37.8 Å².